The van der Waals surface area contributed by atoms with Gasteiger partial charge in [0.25, 0.3) is 0 Å². The lowest BCUT2D eigenvalue weighted by molar-refractivity contribution is 0.652. The summed E-state index contributed by atoms with van der Waals surface area (Å²) in [5.74, 6) is 6.02. The Balaban J connectivity index is 2.25. The summed E-state index contributed by atoms with van der Waals surface area (Å²) in [5, 5.41) is 6.90. The van der Waals surface area contributed by atoms with Crippen molar-refractivity contribution in [2.24, 2.45) is 5.84 Å². The topological polar surface area (TPSA) is 75.0 Å². The first kappa shape index (κ1) is 14.0. The van der Waals surface area contributed by atoms with Crippen LogP contribution in [-0.2, 0) is 0 Å². The van der Waals surface area contributed by atoms with Gasteiger partial charge >= 0.3 is 0 Å². The fraction of sp³-hybridized carbons (Fsp3) is 0.545. The van der Waals surface area contributed by atoms with Gasteiger partial charge in [0.2, 0.25) is 0 Å². The fourth-order valence-corrected chi connectivity index (χ4v) is 1.55. The molecule has 0 aliphatic rings. The molecule has 0 aliphatic heterocycles. The van der Waals surface area contributed by atoms with Crippen molar-refractivity contribution in [2.75, 3.05) is 30.4 Å². The normalized spacial score (nSPS) is 10.3. The lowest BCUT2D eigenvalue weighted by atomic mass is 10.3. The van der Waals surface area contributed by atoms with Crippen LogP contribution in [0.5, 0.6) is 0 Å². The van der Waals surface area contributed by atoms with Gasteiger partial charge in [0.15, 0.2) is 5.15 Å². The van der Waals surface area contributed by atoms with E-state index in [2.05, 4.69) is 28.0 Å². The zero-order valence-electron chi connectivity index (χ0n) is 10.1. The third-order valence-electron chi connectivity index (χ3n) is 2.32. The van der Waals surface area contributed by atoms with Crippen molar-refractivity contribution >= 4 is 23.1 Å². The van der Waals surface area contributed by atoms with Crippen LogP contribution in [0.15, 0.2) is 12.1 Å². The van der Waals surface area contributed by atoms with Gasteiger partial charge in [0.1, 0.15) is 5.82 Å². The first-order valence-corrected chi connectivity index (χ1v) is 6.23. The summed E-state index contributed by atoms with van der Waals surface area (Å²) in [6.45, 7) is 4.97. The van der Waals surface area contributed by atoms with Gasteiger partial charge in [-0.05, 0) is 25.1 Å². The maximum Gasteiger partial charge on any atom is 0.155 e. The van der Waals surface area contributed by atoms with Gasteiger partial charge in [-0.3, -0.25) is 5.84 Å². The van der Waals surface area contributed by atoms with E-state index in [1.165, 1.54) is 12.8 Å². The van der Waals surface area contributed by atoms with Gasteiger partial charge in [-0.15, -0.1) is 0 Å². The Morgan fingerprint density at radius 2 is 2.12 bits per heavy atom. The molecule has 6 heteroatoms. The Hall–Kier alpha value is -1.04. The van der Waals surface area contributed by atoms with E-state index in [-0.39, 0.29) is 0 Å². The number of nitrogens with two attached hydrogens (primary N) is 1. The molecule has 0 bridgehead atoms. The number of nitrogen functional groups attached to an aromatic ring is 1. The number of unbranched alkanes of at least 4 members (excludes halogenated alkanes) is 1. The number of rotatable bonds is 8. The van der Waals surface area contributed by atoms with E-state index in [1.807, 2.05) is 6.07 Å². The Morgan fingerprint density at radius 1 is 1.29 bits per heavy atom. The number of pyridine rings is 1. The molecule has 0 saturated carbocycles. The molecule has 1 heterocycles. The minimum absolute atomic E-state index is 0.372. The molecule has 0 amide bonds. The van der Waals surface area contributed by atoms with Crippen LogP contribution in [0.2, 0.25) is 5.15 Å². The molecule has 0 atom stereocenters. The molecule has 1 aromatic rings. The fourth-order valence-electron chi connectivity index (χ4n) is 1.35. The maximum atomic E-state index is 5.90. The van der Waals surface area contributed by atoms with Gasteiger partial charge in [0.05, 0.1) is 5.69 Å². The highest BCUT2D eigenvalue weighted by molar-refractivity contribution is 6.32. The Morgan fingerprint density at radius 3 is 2.76 bits per heavy atom. The second kappa shape index (κ2) is 8.11. The van der Waals surface area contributed by atoms with Crippen molar-refractivity contribution in [1.82, 2.24) is 10.3 Å². The number of nitrogens with zero attached hydrogens (tertiary/aromatic N) is 1. The largest absolute Gasteiger partial charge is 0.369 e. The number of aromatic nitrogens is 1. The molecule has 5 nitrogen and oxygen atoms in total. The standard InChI is InChI=1S/C11H20ClN5/c1-2-3-6-14-7-8-15-10-5-4-9(17-13)11(12)16-10/h4-5,14,17H,2-3,6-8,13H2,1H3,(H,15,16). The zero-order chi connectivity index (χ0) is 12.5. The molecule has 1 rings (SSSR count). The number of hydrogen-bond acceptors (Lipinski definition) is 5. The number of anilines is 2. The maximum absolute atomic E-state index is 5.90. The summed E-state index contributed by atoms with van der Waals surface area (Å²) in [6, 6.07) is 3.63. The first-order chi connectivity index (χ1) is 8.27. The zero-order valence-corrected chi connectivity index (χ0v) is 10.8. The minimum Gasteiger partial charge on any atom is -0.369 e. The number of nitrogens with one attached hydrogen (secondary N) is 3. The summed E-state index contributed by atoms with van der Waals surface area (Å²) in [4.78, 5) is 4.16. The molecule has 0 aromatic carbocycles. The molecular formula is C11H20ClN5. The monoisotopic (exact) mass is 257 g/mol. The summed E-state index contributed by atoms with van der Waals surface area (Å²) >= 11 is 5.90. The Bertz CT molecular complexity index is 332. The van der Waals surface area contributed by atoms with Crippen molar-refractivity contribution in [1.29, 1.82) is 0 Å². The Kier molecular flexibility index (Phi) is 6.69. The minimum atomic E-state index is 0.372. The molecule has 0 aliphatic carbocycles. The molecule has 96 valence electrons. The molecule has 0 saturated heterocycles. The molecular weight excluding hydrogens is 238 g/mol. The predicted octanol–water partition coefficient (Wildman–Crippen LogP) is 1.82. The highest BCUT2D eigenvalue weighted by Crippen LogP contribution is 2.19. The predicted molar refractivity (Wildman–Crippen MR) is 73.3 cm³/mol. The second-order valence-corrected chi connectivity index (χ2v) is 4.07. The van der Waals surface area contributed by atoms with Crippen LogP contribution in [0.4, 0.5) is 11.5 Å². The molecule has 0 spiro atoms. The van der Waals surface area contributed by atoms with Crippen molar-refractivity contribution in [3.05, 3.63) is 17.3 Å². The quantitative estimate of drug-likeness (QED) is 0.247. The molecule has 5 N–H and O–H groups in total. The highest BCUT2D eigenvalue weighted by Gasteiger charge is 2.01. The van der Waals surface area contributed by atoms with Crippen LogP contribution >= 0.6 is 11.6 Å². The van der Waals surface area contributed by atoms with E-state index < -0.39 is 0 Å². The van der Waals surface area contributed by atoms with Crippen molar-refractivity contribution in [3.63, 3.8) is 0 Å². The third-order valence-corrected chi connectivity index (χ3v) is 2.61. The van der Waals surface area contributed by atoms with E-state index in [1.54, 1.807) is 6.07 Å². The molecule has 17 heavy (non-hydrogen) atoms. The molecule has 0 radical (unpaired) electrons. The number of hydrogen-bond donors (Lipinski definition) is 4. The molecule has 0 unspecified atom stereocenters. The van der Waals surface area contributed by atoms with Gasteiger partial charge in [-0.1, -0.05) is 24.9 Å². The van der Waals surface area contributed by atoms with E-state index in [0.29, 0.717) is 10.8 Å². The molecule has 0 fully saturated rings. The lowest BCUT2D eigenvalue weighted by Gasteiger charge is -2.08. The van der Waals surface area contributed by atoms with E-state index in [9.17, 15) is 0 Å². The second-order valence-electron chi connectivity index (χ2n) is 3.71. The van der Waals surface area contributed by atoms with Crippen molar-refractivity contribution in [2.45, 2.75) is 19.8 Å². The summed E-state index contributed by atoms with van der Waals surface area (Å²) in [6.07, 6.45) is 2.42. The van der Waals surface area contributed by atoms with Crippen LogP contribution in [0.25, 0.3) is 0 Å². The van der Waals surface area contributed by atoms with Crippen molar-refractivity contribution < 1.29 is 0 Å². The van der Waals surface area contributed by atoms with Gasteiger partial charge in [0, 0.05) is 13.1 Å². The smallest absolute Gasteiger partial charge is 0.155 e. The lowest BCUT2D eigenvalue weighted by Crippen LogP contribution is -2.23. The third kappa shape index (κ3) is 5.21. The average Bonchev–Trinajstić information content (AvgIpc) is 2.34. The summed E-state index contributed by atoms with van der Waals surface area (Å²) in [7, 11) is 0. The van der Waals surface area contributed by atoms with Crippen molar-refractivity contribution in [3.8, 4) is 0 Å². The van der Waals surface area contributed by atoms with E-state index in [0.717, 1.165) is 25.5 Å². The summed E-state index contributed by atoms with van der Waals surface area (Å²) in [5.41, 5.74) is 3.10. The average molecular weight is 258 g/mol. The highest BCUT2D eigenvalue weighted by atomic mass is 35.5. The van der Waals surface area contributed by atoms with Crippen LogP contribution < -0.4 is 21.9 Å². The Labute approximate surface area is 107 Å². The first-order valence-electron chi connectivity index (χ1n) is 5.85. The van der Waals surface area contributed by atoms with Crippen LogP contribution in [0.1, 0.15) is 19.8 Å². The van der Waals surface area contributed by atoms with E-state index >= 15 is 0 Å². The van der Waals surface area contributed by atoms with E-state index in [4.69, 9.17) is 17.4 Å². The van der Waals surface area contributed by atoms with Gasteiger partial charge in [-0.25, -0.2) is 4.98 Å². The van der Waals surface area contributed by atoms with Gasteiger partial charge < -0.3 is 16.1 Å². The van der Waals surface area contributed by atoms with Crippen LogP contribution in [-0.4, -0.2) is 24.6 Å². The molecule has 1 aromatic heterocycles. The van der Waals surface area contributed by atoms with Crippen LogP contribution in [0, 0.1) is 0 Å². The SMILES string of the molecule is CCCCNCCNc1ccc(NN)c(Cl)n1. The summed E-state index contributed by atoms with van der Waals surface area (Å²) < 4.78 is 0. The number of hydrazine groups is 1. The number of halogens is 1. The van der Waals surface area contributed by atoms with Crippen LogP contribution in [0.3, 0.4) is 0 Å². The van der Waals surface area contributed by atoms with Gasteiger partial charge in [-0.2, -0.15) is 0 Å².